The number of halogens is 1. The zero-order chi connectivity index (χ0) is 19.2. The molecule has 2 heterocycles. The molecule has 0 fully saturated rings. The maximum atomic E-state index is 13.7. The van der Waals surface area contributed by atoms with E-state index in [0.717, 1.165) is 13.0 Å². The highest BCUT2D eigenvalue weighted by atomic mass is 19.1. The number of hydrogen-bond donors (Lipinski definition) is 2. The predicted octanol–water partition coefficient (Wildman–Crippen LogP) is 2.95. The molecule has 9 heteroatoms. The number of nitrogens with zero attached hydrogens (tertiary/aromatic N) is 5. The molecule has 8 nitrogen and oxygen atoms in total. The minimum atomic E-state index is -0.376. The summed E-state index contributed by atoms with van der Waals surface area (Å²) in [6, 6.07) is 5.84. The van der Waals surface area contributed by atoms with Crippen LogP contribution in [0.3, 0.4) is 0 Å². The fourth-order valence-electron chi connectivity index (χ4n) is 2.76. The average Bonchev–Trinajstić information content (AvgIpc) is 3.27. The van der Waals surface area contributed by atoms with Crippen LogP contribution in [0.25, 0.3) is 0 Å². The lowest BCUT2D eigenvalue weighted by Gasteiger charge is -2.14. The second kappa shape index (κ2) is 8.43. The van der Waals surface area contributed by atoms with E-state index in [1.807, 2.05) is 11.5 Å². The minimum absolute atomic E-state index is 0.284. The lowest BCUT2D eigenvalue weighted by atomic mass is 10.2. The predicted molar refractivity (Wildman–Crippen MR) is 98.6 cm³/mol. The van der Waals surface area contributed by atoms with Crippen molar-refractivity contribution in [2.45, 2.75) is 39.4 Å². The van der Waals surface area contributed by atoms with Gasteiger partial charge in [0.1, 0.15) is 12.1 Å². The van der Waals surface area contributed by atoms with Crippen LogP contribution >= 0.6 is 0 Å². The monoisotopic (exact) mass is 371 g/mol. The van der Waals surface area contributed by atoms with Crippen LogP contribution in [0.2, 0.25) is 0 Å². The second-order valence-electron chi connectivity index (χ2n) is 6.22. The molecule has 3 aromatic rings. The Labute approximate surface area is 156 Å². The molecule has 0 bridgehead atoms. The number of rotatable bonds is 7. The quantitative estimate of drug-likeness (QED) is 0.668. The Kier molecular flexibility index (Phi) is 5.80. The van der Waals surface area contributed by atoms with Crippen LogP contribution < -0.4 is 10.6 Å². The summed E-state index contributed by atoms with van der Waals surface area (Å²) >= 11 is 0. The van der Waals surface area contributed by atoms with E-state index in [-0.39, 0.29) is 24.4 Å². The first-order chi connectivity index (χ1) is 13.1. The molecule has 0 aliphatic rings. The Balaban J connectivity index is 1.57. The number of aromatic nitrogens is 5. The molecule has 2 aromatic heterocycles. The summed E-state index contributed by atoms with van der Waals surface area (Å²) in [7, 11) is 0. The molecular formula is C18H22FN7O. The third kappa shape index (κ3) is 4.69. The molecule has 0 saturated carbocycles. The van der Waals surface area contributed by atoms with E-state index >= 15 is 0 Å². The van der Waals surface area contributed by atoms with Gasteiger partial charge in [0.25, 0.3) is 0 Å². The molecule has 0 unspecified atom stereocenters. The van der Waals surface area contributed by atoms with Crippen molar-refractivity contribution in [3.8, 4) is 0 Å². The Morgan fingerprint density at radius 3 is 2.93 bits per heavy atom. The number of aryl methyl sites for hydroxylation is 1. The van der Waals surface area contributed by atoms with Crippen molar-refractivity contribution in [3.63, 3.8) is 0 Å². The van der Waals surface area contributed by atoms with Crippen LogP contribution in [-0.2, 0) is 13.1 Å². The molecule has 2 N–H and O–H groups in total. The van der Waals surface area contributed by atoms with Gasteiger partial charge in [0.15, 0.2) is 5.82 Å². The van der Waals surface area contributed by atoms with E-state index in [4.69, 9.17) is 0 Å². The molecule has 3 rings (SSSR count). The fraction of sp³-hybridized carbons (Fsp3) is 0.333. The summed E-state index contributed by atoms with van der Waals surface area (Å²) in [6.45, 7) is 4.98. The normalized spacial score (nSPS) is 12.0. The van der Waals surface area contributed by atoms with Gasteiger partial charge in [-0.05, 0) is 19.4 Å². The van der Waals surface area contributed by atoms with Crippen molar-refractivity contribution in [3.05, 3.63) is 60.2 Å². The van der Waals surface area contributed by atoms with Crippen LogP contribution in [-0.4, -0.2) is 30.6 Å². The lowest BCUT2D eigenvalue weighted by Crippen LogP contribution is -2.32. The molecule has 0 radical (unpaired) electrons. The number of hydrogen-bond acceptors (Lipinski definition) is 4. The van der Waals surface area contributed by atoms with Crippen molar-refractivity contribution in [1.29, 1.82) is 0 Å². The van der Waals surface area contributed by atoms with E-state index < -0.39 is 0 Å². The first kappa shape index (κ1) is 18.6. The Morgan fingerprint density at radius 1 is 1.33 bits per heavy atom. The van der Waals surface area contributed by atoms with Gasteiger partial charge in [-0.25, -0.2) is 9.18 Å². The smallest absolute Gasteiger partial charge is 0.319 e. The van der Waals surface area contributed by atoms with Crippen LogP contribution in [0.5, 0.6) is 0 Å². The third-order valence-corrected chi connectivity index (χ3v) is 4.03. The van der Waals surface area contributed by atoms with Crippen LogP contribution in [0.1, 0.15) is 37.7 Å². The van der Waals surface area contributed by atoms with E-state index in [2.05, 4.69) is 32.9 Å². The van der Waals surface area contributed by atoms with Gasteiger partial charge in [-0.15, -0.1) is 10.2 Å². The topological polar surface area (TPSA) is 89.7 Å². The maximum absolute atomic E-state index is 13.7. The third-order valence-electron chi connectivity index (χ3n) is 4.03. The second-order valence-corrected chi connectivity index (χ2v) is 6.22. The number of amides is 2. The van der Waals surface area contributed by atoms with Gasteiger partial charge in [0, 0.05) is 18.3 Å². The van der Waals surface area contributed by atoms with Crippen molar-refractivity contribution in [2.24, 2.45) is 0 Å². The first-order valence-electron chi connectivity index (χ1n) is 8.78. The summed E-state index contributed by atoms with van der Waals surface area (Å²) in [5, 5.41) is 17.7. The van der Waals surface area contributed by atoms with Crippen LogP contribution in [0.4, 0.5) is 14.9 Å². The van der Waals surface area contributed by atoms with Gasteiger partial charge in [-0.3, -0.25) is 4.68 Å². The minimum Gasteiger partial charge on any atom is -0.328 e. The summed E-state index contributed by atoms with van der Waals surface area (Å²) in [4.78, 5) is 12.2. The van der Waals surface area contributed by atoms with Gasteiger partial charge >= 0.3 is 6.03 Å². The summed E-state index contributed by atoms with van der Waals surface area (Å²) in [5.74, 6) is 0.410. The van der Waals surface area contributed by atoms with Gasteiger partial charge < -0.3 is 15.2 Å². The van der Waals surface area contributed by atoms with Gasteiger partial charge in [-0.2, -0.15) is 5.10 Å². The Morgan fingerprint density at radius 2 is 2.15 bits per heavy atom. The molecule has 1 atom stereocenters. The van der Waals surface area contributed by atoms with E-state index in [0.29, 0.717) is 17.1 Å². The zero-order valence-corrected chi connectivity index (χ0v) is 15.3. The molecule has 2 amide bonds. The lowest BCUT2D eigenvalue weighted by molar-refractivity contribution is 0.248. The van der Waals surface area contributed by atoms with E-state index in [1.165, 1.54) is 12.3 Å². The number of carbonyl (C=O) groups excluding carboxylic acids is 1. The van der Waals surface area contributed by atoms with Crippen LogP contribution in [0, 0.1) is 5.82 Å². The molecule has 0 aliphatic heterocycles. The summed E-state index contributed by atoms with van der Waals surface area (Å²) in [5.41, 5.74) is 1.05. The number of nitrogens with one attached hydrogen (secondary N) is 2. The molecule has 27 heavy (non-hydrogen) atoms. The number of carbonyl (C=O) groups is 1. The van der Waals surface area contributed by atoms with Crippen LogP contribution in [0.15, 0.2) is 43.0 Å². The largest absolute Gasteiger partial charge is 0.328 e. The Hall–Kier alpha value is -3.23. The maximum Gasteiger partial charge on any atom is 0.319 e. The SMILES string of the molecule is CCCn1cnnc1[C@@H](C)NC(=O)Nc1cnn(Cc2ccccc2F)c1. The van der Waals surface area contributed by atoms with Crippen molar-refractivity contribution >= 4 is 11.7 Å². The van der Waals surface area contributed by atoms with Crippen molar-refractivity contribution in [2.75, 3.05) is 5.32 Å². The molecule has 142 valence electrons. The number of benzene rings is 1. The molecule has 0 aliphatic carbocycles. The van der Waals surface area contributed by atoms with Gasteiger partial charge in [0.2, 0.25) is 0 Å². The zero-order valence-electron chi connectivity index (χ0n) is 15.3. The average molecular weight is 371 g/mol. The van der Waals surface area contributed by atoms with E-state index in [9.17, 15) is 9.18 Å². The molecule has 0 saturated heterocycles. The summed E-state index contributed by atoms with van der Waals surface area (Å²) < 4.78 is 17.2. The summed E-state index contributed by atoms with van der Waals surface area (Å²) in [6.07, 6.45) is 5.77. The van der Waals surface area contributed by atoms with E-state index in [1.54, 1.807) is 35.4 Å². The highest BCUT2D eigenvalue weighted by Crippen LogP contribution is 2.12. The number of anilines is 1. The highest BCUT2D eigenvalue weighted by molar-refractivity contribution is 5.89. The molecule has 1 aromatic carbocycles. The van der Waals surface area contributed by atoms with Crippen molar-refractivity contribution < 1.29 is 9.18 Å². The van der Waals surface area contributed by atoms with Gasteiger partial charge in [-0.1, -0.05) is 25.1 Å². The van der Waals surface area contributed by atoms with Gasteiger partial charge in [0.05, 0.1) is 24.5 Å². The standard InChI is InChI=1S/C18H22FN7O/c1-3-8-25-12-20-24-17(25)13(2)22-18(27)23-15-9-21-26(11-15)10-14-6-4-5-7-16(14)19/h4-7,9,11-13H,3,8,10H2,1-2H3,(H2,22,23,27)/t13-/m1/s1. The fourth-order valence-corrected chi connectivity index (χ4v) is 2.76. The molecular weight excluding hydrogens is 349 g/mol. The highest BCUT2D eigenvalue weighted by Gasteiger charge is 2.16. The molecule has 0 spiro atoms. The number of urea groups is 1. The Bertz CT molecular complexity index is 905. The first-order valence-corrected chi connectivity index (χ1v) is 8.78. The van der Waals surface area contributed by atoms with Crippen molar-refractivity contribution in [1.82, 2.24) is 29.9 Å².